The molecule has 26 heavy (non-hydrogen) atoms. The van der Waals surface area contributed by atoms with E-state index in [9.17, 15) is 10.4 Å². The first-order valence-corrected chi connectivity index (χ1v) is 9.27. The average molecular weight is 349 g/mol. The zero-order valence-electron chi connectivity index (χ0n) is 15.6. The van der Waals surface area contributed by atoms with E-state index in [-0.39, 0.29) is 6.10 Å². The highest BCUT2D eigenvalue weighted by atomic mass is 16.3. The van der Waals surface area contributed by atoms with Crippen molar-refractivity contribution in [2.75, 3.05) is 23.3 Å². The van der Waals surface area contributed by atoms with Gasteiger partial charge in [-0.25, -0.2) is 0 Å². The summed E-state index contributed by atoms with van der Waals surface area (Å²) in [6.45, 7) is 6.34. The highest BCUT2D eigenvalue weighted by molar-refractivity contribution is 5.70. The molecule has 3 rings (SSSR count). The van der Waals surface area contributed by atoms with E-state index in [1.807, 2.05) is 38.1 Å². The summed E-state index contributed by atoms with van der Waals surface area (Å²) in [6.07, 6.45) is 1.45. The minimum Gasteiger partial charge on any atom is -0.393 e. The molecule has 2 aromatic rings. The number of para-hydroxylation sites is 2. The van der Waals surface area contributed by atoms with Crippen molar-refractivity contribution in [2.24, 2.45) is 0 Å². The fraction of sp³-hybridized carbons (Fsp3) is 0.409. The van der Waals surface area contributed by atoms with Gasteiger partial charge in [-0.1, -0.05) is 36.4 Å². The van der Waals surface area contributed by atoms with Crippen molar-refractivity contribution in [1.29, 1.82) is 5.26 Å². The Morgan fingerprint density at radius 2 is 1.77 bits per heavy atom. The smallest absolute Gasteiger partial charge is 0.0769 e. The third-order valence-corrected chi connectivity index (χ3v) is 5.15. The lowest BCUT2D eigenvalue weighted by atomic mass is 9.83. The third kappa shape index (κ3) is 4.00. The second kappa shape index (κ2) is 7.80. The van der Waals surface area contributed by atoms with Crippen molar-refractivity contribution in [1.82, 2.24) is 0 Å². The summed E-state index contributed by atoms with van der Waals surface area (Å²) in [4.78, 5) is 2.33. The van der Waals surface area contributed by atoms with Gasteiger partial charge in [-0.3, -0.25) is 0 Å². The van der Waals surface area contributed by atoms with Gasteiger partial charge in [0.15, 0.2) is 0 Å². The van der Waals surface area contributed by atoms with E-state index in [0.29, 0.717) is 6.54 Å². The van der Waals surface area contributed by atoms with Gasteiger partial charge in [0, 0.05) is 19.6 Å². The van der Waals surface area contributed by atoms with Gasteiger partial charge in [-0.05, 0) is 49.9 Å². The van der Waals surface area contributed by atoms with Crippen LogP contribution in [-0.4, -0.2) is 24.3 Å². The van der Waals surface area contributed by atoms with E-state index in [4.69, 9.17) is 0 Å². The molecule has 1 aliphatic rings. The van der Waals surface area contributed by atoms with Crippen molar-refractivity contribution in [3.05, 3.63) is 59.7 Å². The van der Waals surface area contributed by atoms with Gasteiger partial charge in [-0.2, -0.15) is 5.26 Å². The normalized spacial score (nSPS) is 15.5. The van der Waals surface area contributed by atoms with Crippen LogP contribution in [0.3, 0.4) is 0 Å². The van der Waals surface area contributed by atoms with Crippen LogP contribution >= 0.6 is 0 Å². The molecule has 2 N–H and O–H groups in total. The first-order valence-electron chi connectivity index (χ1n) is 9.27. The number of hydrogen-bond acceptors (Lipinski definition) is 4. The van der Waals surface area contributed by atoms with E-state index >= 15 is 0 Å². The van der Waals surface area contributed by atoms with Crippen LogP contribution in [0.25, 0.3) is 0 Å². The van der Waals surface area contributed by atoms with Gasteiger partial charge in [0.25, 0.3) is 0 Å². The molecule has 1 fully saturated rings. The molecule has 4 nitrogen and oxygen atoms in total. The van der Waals surface area contributed by atoms with Gasteiger partial charge >= 0.3 is 0 Å². The lowest BCUT2D eigenvalue weighted by Gasteiger charge is -2.33. The topological polar surface area (TPSA) is 59.3 Å². The van der Waals surface area contributed by atoms with Crippen LogP contribution in [0.1, 0.15) is 37.8 Å². The maximum atomic E-state index is 9.76. The van der Waals surface area contributed by atoms with Gasteiger partial charge in [-0.15, -0.1) is 0 Å². The lowest BCUT2D eigenvalue weighted by molar-refractivity contribution is 0.145. The maximum Gasteiger partial charge on any atom is 0.0769 e. The first-order chi connectivity index (χ1) is 12.5. The fourth-order valence-electron chi connectivity index (χ4n) is 3.54. The number of aliphatic hydroxyl groups is 1. The molecule has 136 valence electrons. The summed E-state index contributed by atoms with van der Waals surface area (Å²) in [5.74, 6) is 0. The van der Waals surface area contributed by atoms with Crippen LogP contribution in [0.4, 0.5) is 11.4 Å². The summed E-state index contributed by atoms with van der Waals surface area (Å²) in [5, 5.41) is 22.8. The Balaban J connectivity index is 1.79. The van der Waals surface area contributed by atoms with Crippen LogP contribution in [-0.2, 0) is 12.0 Å². The Hall–Kier alpha value is -2.51. The van der Waals surface area contributed by atoms with E-state index < -0.39 is 5.41 Å². The number of aliphatic hydroxyl groups excluding tert-OH is 1. The SMILES string of the molecule is CC(C)(C#N)c1ccccc1CNc1ccccc1N1CCC(O)CC1. The van der Waals surface area contributed by atoms with Crippen molar-refractivity contribution in [3.8, 4) is 6.07 Å². The van der Waals surface area contributed by atoms with Gasteiger partial charge in [0.2, 0.25) is 0 Å². The lowest BCUT2D eigenvalue weighted by Crippen LogP contribution is -2.36. The molecule has 0 atom stereocenters. The molecule has 0 aromatic heterocycles. The zero-order chi connectivity index (χ0) is 18.6. The summed E-state index contributed by atoms with van der Waals surface area (Å²) in [5.41, 5.74) is 3.96. The maximum absolute atomic E-state index is 9.76. The molecule has 1 heterocycles. The Labute approximate surface area is 156 Å². The second-order valence-electron chi connectivity index (χ2n) is 7.48. The standard InChI is InChI=1S/C22H27N3O/c1-22(2,16-23)19-8-4-3-7-17(19)15-24-20-9-5-6-10-21(20)25-13-11-18(26)12-14-25/h3-10,18,24,26H,11-15H2,1-2H3. The Morgan fingerprint density at radius 1 is 1.12 bits per heavy atom. The molecule has 0 bridgehead atoms. The summed E-state index contributed by atoms with van der Waals surface area (Å²) >= 11 is 0. The largest absolute Gasteiger partial charge is 0.393 e. The number of nitriles is 1. The van der Waals surface area contributed by atoms with Crippen molar-refractivity contribution >= 4 is 11.4 Å². The molecule has 0 amide bonds. The monoisotopic (exact) mass is 349 g/mol. The number of hydrogen-bond donors (Lipinski definition) is 2. The second-order valence-corrected chi connectivity index (χ2v) is 7.48. The van der Waals surface area contributed by atoms with Crippen molar-refractivity contribution < 1.29 is 5.11 Å². The van der Waals surface area contributed by atoms with E-state index in [0.717, 1.165) is 42.7 Å². The molecule has 1 saturated heterocycles. The van der Waals surface area contributed by atoms with E-state index in [2.05, 4.69) is 40.6 Å². The number of nitrogens with one attached hydrogen (secondary N) is 1. The molecule has 0 unspecified atom stereocenters. The zero-order valence-corrected chi connectivity index (χ0v) is 15.6. The van der Waals surface area contributed by atoms with Crippen molar-refractivity contribution in [3.63, 3.8) is 0 Å². The Kier molecular flexibility index (Phi) is 5.49. The van der Waals surface area contributed by atoms with Crippen LogP contribution in [0.5, 0.6) is 0 Å². The van der Waals surface area contributed by atoms with Gasteiger partial charge < -0.3 is 15.3 Å². The van der Waals surface area contributed by atoms with Crippen LogP contribution < -0.4 is 10.2 Å². The summed E-state index contributed by atoms with van der Waals surface area (Å²) in [7, 11) is 0. The number of anilines is 2. The van der Waals surface area contributed by atoms with Crippen LogP contribution in [0, 0.1) is 11.3 Å². The highest BCUT2D eigenvalue weighted by Crippen LogP contribution is 2.30. The molecule has 4 heteroatoms. The predicted octanol–water partition coefficient (Wildman–Crippen LogP) is 4.06. The quantitative estimate of drug-likeness (QED) is 0.854. The fourth-order valence-corrected chi connectivity index (χ4v) is 3.54. The molecule has 0 spiro atoms. The molecular weight excluding hydrogens is 322 g/mol. The number of nitrogens with zero attached hydrogens (tertiary/aromatic N) is 2. The third-order valence-electron chi connectivity index (χ3n) is 5.15. The molecule has 0 saturated carbocycles. The molecule has 1 aliphatic heterocycles. The molecular formula is C22H27N3O. The van der Waals surface area contributed by atoms with E-state index in [1.165, 1.54) is 5.69 Å². The highest BCUT2D eigenvalue weighted by Gasteiger charge is 2.23. The van der Waals surface area contributed by atoms with Crippen LogP contribution in [0.15, 0.2) is 48.5 Å². The summed E-state index contributed by atoms with van der Waals surface area (Å²) < 4.78 is 0. The number of benzene rings is 2. The molecule has 0 radical (unpaired) electrons. The molecule has 2 aromatic carbocycles. The first kappa shape index (κ1) is 18.3. The van der Waals surface area contributed by atoms with Gasteiger partial charge in [0.05, 0.1) is 29.0 Å². The van der Waals surface area contributed by atoms with Crippen molar-refractivity contribution in [2.45, 2.75) is 44.8 Å². The number of piperidine rings is 1. The Bertz CT molecular complexity index is 786. The number of rotatable bonds is 5. The average Bonchev–Trinajstić information content (AvgIpc) is 2.67. The molecule has 0 aliphatic carbocycles. The van der Waals surface area contributed by atoms with E-state index in [1.54, 1.807) is 0 Å². The van der Waals surface area contributed by atoms with Crippen LogP contribution in [0.2, 0.25) is 0 Å². The Morgan fingerprint density at radius 3 is 2.50 bits per heavy atom. The van der Waals surface area contributed by atoms with Gasteiger partial charge in [0.1, 0.15) is 0 Å². The predicted molar refractivity (Wildman–Crippen MR) is 106 cm³/mol. The minimum atomic E-state index is -0.513. The minimum absolute atomic E-state index is 0.175. The summed E-state index contributed by atoms with van der Waals surface area (Å²) in [6, 6.07) is 18.9.